The lowest BCUT2D eigenvalue weighted by Gasteiger charge is -2.18. The molecule has 2 amide bonds. The number of rotatable bonds is 2. The molecule has 0 aliphatic carbocycles. The minimum Gasteiger partial charge on any atom is -0.335 e. The molecule has 0 radical (unpaired) electrons. The van der Waals surface area contributed by atoms with E-state index >= 15 is 0 Å². The van der Waals surface area contributed by atoms with Gasteiger partial charge >= 0.3 is 11.8 Å². The van der Waals surface area contributed by atoms with Crippen molar-refractivity contribution in [1.29, 1.82) is 5.26 Å². The van der Waals surface area contributed by atoms with Crippen molar-refractivity contribution in [2.45, 2.75) is 26.4 Å². The summed E-state index contributed by atoms with van der Waals surface area (Å²) in [5, 5.41) is 10.2. The fraction of sp³-hybridized carbons (Fsp3) is 0.625. The summed E-state index contributed by atoms with van der Waals surface area (Å²) in [5.74, 6) is -1.81. The average molecular weight is 199 g/mol. The molecule has 6 heteroatoms. The second-order valence-corrected chi connectivity index (χ2v) is 3.49. The zero-order valence-electron chi connectivity index (χ0n) is 8.38. The van der Waals surface area contributed by atoms with Gasteiger partial charge in [0.25, 0.3) is 0 Å². The van der Waals surface area contributed by atoms with Gasteiger partial charge in [-0.1, -0.05) is 0 Å². The van der Waals surface area contributed by atoms with E-state index in [1.165, 1.54) is 0 Å². The Hall–Kier alpha value is -1.61. The van der Waals surface area contributed by atoms with Crippen LogP contribution < -0.4 is 10.8 Å². The highest BCUT2D eigenvalue weighted by Crippen LogP contribution is 2.02. The van der Waals surface area contributed by atoms with Crippen LogP contribution in [-0.4, -0.2) is 24.0 Å². The van der Waals surface area contributed by atoms with Crippen molar-refractivity contribution in [3.05, 3.63) is 0 Å². The molecule has 6 nitrogen and oxygen atoms in total. The lowest BCUT2D eigenvalue weighted by molar-refractivity contribution is -0.154. The fourth-order valence-corrected chi connectivity index (χ4v) is 0.446. The number of hydrogen-bond acceptors (Lipinski definition) is 4. The van der Waals surface area contributed by atoms with Gasteiger partial charge in [0.05, 0.1) is 11.7 Å². The zero-order valence-corrected chi connectivity index (χ0v) is 8.38. The van der Waals surface area contributed by atoms with Crippen LogP contribution in [0.5, 0.6) is 0 Å². The Morgan fingerprint density at radius 3 is 2.36 bits per heavy atom. The molecule has 0 aromatic heterocycles. The van der Waals surface area contributed by atoms with Crippen molar-refractivity contribution in [1.82, 2.24) is 10.8 Å². The SMILES string of the molecule is CC(C)(C)ONC(=O)C(=O)NCC#N. The zero-order chi connectivity index (χ0) is 11.2. The van der Waals surface area contributed by atoms with Gasteiger partial charge in [0.2, 0.25) is 0 Å². The topological polar surface area (TPSA) is 91.2 Å². The van der Waals surface area contributed by atoms with E-state index in [1.54, 1.807) is 26.8 Å². The van der Waals surface area contributed by atoms with E-state index in [0.717, 1.165) is 0 Å². The molecule has 0 saturated carbocycles. The highest BCUT2D eigenvalue weighted by Gasteiger charge is 2.17. The van der Waals surface area contributed by atoms with Crippen LogP contribution in [0.2, 0.25) is 0 Å². The monoisotopic (exact) mass is 199 g/mol. The van der Waals surface area contributed by atoms with Gasteiger partial charge in [0, 0.05) is 0 Å². The normalized spacial score (nSPS) is 10.1. The highest BCUT2D eigenvalue weighted by atomic mass is 16.7. The van der Waals surface area contributed by atoms with Crippen LogP contribution in [0.3, 0.4) is 0 Å². The van der Waals surface area contributed by atoms with Crippen molar-refractivity contribution in [3.8, 4) is 6.07 Å². The third kappa shape index (κ3) is 5.97. The number of nitriles is 1. The van der Waals surface area contributed by atoms with Crippen LogP contribution in [0.15, 0.2) is 0 Å². The third-order valence-electron chi connectivity index (χ3n) is 0.984. The summed E-state index contributed by atoms with van der Waals surface area (Å²) in [6.45, 7) is 4.96. The molecule has 78 valence electrons. The molecule has 0 spiro atoms. The molecule has 0 rings (SSSR count). The van der Waals surface area contributed by atoms with E-state index < -0.39 is 17.4 Å². The second kappa shape index (κ2) is 5.19. The Bertz CT molecular complexity index is 262. The van der Waals surface area contributed by atoms with Crippen molar-refractivity contribution in [3.63, 3.8) is 0 Å². The first-order valence-corrected chi connectivity index (χ1v) is 4.00. The summed E-state index contributed by atoms with van der Waals surface area (Å²) in [6.07, 6.45) is 0. The van der Waals surface area contributed by atoms with E-state index in [0.29, 0.717) is 0 Å². The van der Waals surface area contributed by atoms with E-state index in [9.17, 15) is 9.59 Å². The lowest BCUT2D eigenvalue weighted by Crippen LogP contribution is -2.43. The predicted molar refractivity (Wildman–Crippen MR) is 47.6 cm³/mol. The van der Waals surface area contributed by atoms with Crippen molar-refractivity contribution < 1.29 is 14.4 Å². The van der Waals surface area contributed by atoms with Crippen molar-refractivity contribution in [2.24, 2.45) is 0 Å². The number of amides is 2. The van der Waals surface area contributed by atoms with Crippen LogP contribution >= 0.6 is 0 Å². The van der Waals surface area contributed by atoms with E-state index in [4.69, 9.17) is 10.1 Å². The van der Waals surface area contributed by atoms with Crippen molar-refractivity contribution in [2.75, 3.05) is 6.54 Å². The summed E-state index contributed by atoms with van der Waals surface area (Å²) in [7, 11) is 0. The van der Waals surface area contributed by atoms with Crippen LogP contribution in [0.4, 0.5) is 0 Å². The summed E-state index contributed by atoms with van der Waals surface area (Å²) in [5.41, 5.74) is 1.41. The molecule has 0 heterocycles. The van der Waals surface area contributed by atoms with Gasteiger partial charge in [0.15, 0.2) is 0 Å². The maximum absolute atomic E-state index is 10.9. The predicted octanol–water partition coefficient (Wildman–Crippen LogP) is -0.528. The average Bonchev–Trinajstić information content (AvgIpc) is 2.09. The van der Waals surface area contributed by atoms with E-state index in [2.05, 4.69) is 5.32 Å². The molecule has 0 aliphatic rings. The molecular weight excluding hydrogens is 186 g/mol. The third-order valence-corrected chi connectivity index (χ3v) is 0.984. The van der Waals surface area contributed by atoms with Gasteiger partial charge < -0.3 is 5.32 Å². The molecule has 0 saturated heterocycles. The maximum Gasteiger partial charge on any atom is 0.332 e. The van der Waals surface area contributed by atoms with Crippen LogP contribution in [0.1, 0.15) is 20.8 Å². The number of hydrogen-bond donors (Lipinski definition) is 2. The van der Waals surface area contributed by atoms with Crippen LogP contribution in [-0.2, 0) is 14.4 Å². The summed E-state index contributed by atoms with van der Waals surface area (Å²) in [6, 6.07) is 1.67. The molecule has 0 aliphatic heterocycles. The molecule has 2 N–H and O–H groups in total. The number of nitrogens with zero attached hydrogens (tertiary/aromatic N) is 1. The minimum atomic E-state index is -0.921. The smallest absolute Gasteiger partial charge is 0.332 e. The maximum atomic E-state index is 10.9. The molecule has 0 unspecified atom stereocenters. The second-order valence-electron chi connectivity index (χ2n) is 3.49. The molecule has 14 heavy (non-hydrogen) atoms. The van der Waals surface area contributed by atoms with Crippen LogP contribution in [0, 0.1) is 11.3 Å². The van der Waals surface area contributed by atoms with E-state index in [1.807, 2.05) is 5.48 Å². The summed E-state index contributed by atoms with van der Waals surface area (Å²) >= 11 is 0. The first kappa shape index (κ1) is 12.4. The van der Waals surface area contributed by atoms with Gasteiger partial charge in [0.1, 0.15) is 6.54 Å². The summed E-state index contributed by atoms with van der Waals surface area (Å²) < 4.78 is 0. The van der Waals surface area contributed by atoms with Crippen molar-refractivity contribution >= 4 is 11.8 Å². The van der Waals surface area contributed by atoms with Gasteiger partial charge in [-0.05, 0) is 20.8 Å². The number of nitrogens with one attached hydrogen (secondary N) is 2. The number of carbonyl (C=O) groups is 2. The van der Waals surface area contributed by atoms with Gasteiger partial charge in [-0.3, -0.25) is 14.4 Å². The standard InChI is InChI=1S/C8H13N3O3/c1-8(2,3)14-11-7(13)6(12)10-5-4-9/h5H2,1-3H3,(H,10,12)(H,11,13). The molecule has 0 aromatic carbocycles. The van der Waals surface area contributed by atoms with Gasteiger partial charge in [-0.15, -0.1) is 0 Å². The lowest BCUT2D eigenvalue weighted by atomic mass is 10.2. The number of carbonyl (C=O) groups excluding carboxylic acids is 2. The van der Waals surface area contributed by atoms with E-state index in [-0.39, 0.29) is 6.54 Å². The molecular formula is C8H13N3O3. The molecule has 0 bridgehead atoms. The van der Waals surface area contributed by atoms with Gasteiger partial charge in [-0.2, -0.15) is 5.26 Å². The molecule has 0 atom stereocenters. The quantitative estimate of drug-likeness (QED) is 0.355. The largest absolute Gasteiger partial charge is 0.335 e. The molecule has 0 fully saturated rings. The van der Waals surface area contributed by atoms with Crippen LogP contribution in [0.25, 0.3) is 0 Å². The highest BCUT2D eigenvalue weighted by molar-refractivity contribution is 6.34. The summed E-state index contributed by atoms with van der Waals surface area (Å²) in [4.78, 5) is 26.7. The first-order chi connectivity index (χ1) is 6.37. The fourth-order valence-electron chi connectivity index (χ4n) is 0.446. The Kier molecular flexibility index (Phi) is 4.59. The van der Waals surface area contributed by atoms with Gasteiger partial charge in [-0.25, -0.2) is 5.48 Å². The number of hydroxylamine groups is 1. The minimum absolute atomic E-state index is 0.207. The Labute approximate surface area is 82.2 Å². The Morgan fingerprint density at radius 1 is 1.36 bits per heavy atom. The first-order valence-electron chi connectivity index (χ1n) is 4.00. The Morgan fingerprint density at radius 2 is 1.93 bits per heavy atom. The Balaban J connectivity index is 3.87. The molecule has 0 aromatic rings.